The van der Waals surface area contributed by atoms with Crippen LogP contribution < -0.4 is 15.8 Å². The highest BCUT2D eigenvalue weighted by atomic mass is 16.5. The largest absolute Gasteiger partial charge is 0.493 e. The van der Waals surface area contributed by atoms with Crippen LogP contribution in [0.5, 0.6) is 5.75 Å². The lowest BCUT2D eigenvalue weighted by Gasteiger charge is -2.07. The van der Waals surface area contributed by atoms with Crippen LogP contribution in [0.15, 0.2) is 24.3 Å². The number of hydrogen-bond acceptors (Lipinski definition) is 3. The molecule has 0 aliphatic rings. The van der Waals surface area contributed by atoms with Gasteiger partial charge in [-0.25, -0.2) is 0 Å². The first-order valence-corrected chi connectivity index (χ1v) is 7.38. The maximum atomic E-state index is 11.6. The molecule has 3 N–H and O–H groups in total. The van der Waals surface area contributed by atoms with Crippen molar-refractivity contribution in [2.45, 2.75) is 39.0 Å². The number of carbonyl (C=O) groups is 1. The van der Waals surface area contributed by atoms with Crippen LogP contribution in [0.1, 0.15) is 37.7 Å². The summed E-state index contributed by atoms with van der Waals surface area (Å²) in [5.74, 6) is 0.862. The zero-order valence-electron chi connectivity index (χ0n) is 12.4. The fraction of sp³-hybridized carbons (Fsp3) is 0.562. The SMILES string of the molecule is Cc1ccc(OCCC(=O)NCCCCCCN)cc1. The molecule has 0 bridgehead atoms. The van der Waals surface area contributed by atoms with Gasteiger partial charge in [0.25, 0.3) is 0 Å². The van der Waals surface area contributed by atoms with E-state index in [1.807, 2.05) is 31.2 Å². The Bertz CT molecular complexity index is 377. The summed E-state index contributed by atoms with van der Waals surface area (Å²) in [5, 5.41) is 2.90. The van der Waals surface area contributed by atoms with Crippen molar-refractivity contribution >= 4 is 5.91 Å². The molecule has 112 valence electrons. The second kappa shape index (κ2) is 10.3. The predicted octanol–water partition coefficient (Wildman–Crippen LogP) is 2.40. The molecule has 0 heterocycles. The van der Waals surface area contributed by atoms with Gasteiger partial charge in [0.05, 0.1) is 13.0 Å². The van der Waals surface area contributed by atoms with Crippen molar-refractivity contribution in [3.05, 3.63) is 29.8 Å². The maximum Gasteiger partial charge on any atom is 0.223 e. The average Bonchev–Trinajstić information content (AvgIpc) is 2.45. The molecule has 0 aromatic heterocycles. The standard InChI is InChI=1S/C16H26N2O2/c1-14-6-8-15(9-7-14)20-13-10-16(19)18-12-5-3-2-4-11-17/h6-9H,2-5,10-13,17H2,1H3,(H,18,19). The third-order valence-corrected chi connectivity index (χ3v) is 3.07. The summed E-state index contributed by atoms with van der Waals surface area (Å²) in [6.07, 6.45) is 4.75. The summed E-state index contributed by atoms with van der Waals surface area (Å²) < 4.78 is 5.52. The van der Waals surface area contributed by atoms with E-state index >= 15 is 0 Å². The van der Waals surface area contributed by atoms with Crippen LogP contribution in [0.25, 0.3) is 0 Å². The highest BCUT2D eigenvalue weighted by Crippen LogP contribution is 2.11. The molecule has 0 aliphatic carbocycles. The summed E-state index contributed by atoms with van der Waals surface area (Å²) >= 11 is 0. The summed E-state index contributed by atoms with van der Waals surface area (Å²) in [6, 6.07) is 7.84. The zero-order valence-corrected chi connectivity index (χ0v) is 12.4. The number of nitrogens with two attached hydrogens (primary N) is 1. The number of nitrogens with one attached hydrogen (secondary N) is 1. The molecule has 4 nitrogen and oxygen atoms in total. The Morgan fingerprint density at radius 3 is 2.55 bits per heavy atom. The highest BCUT2D eigenvalue weighted by Gasteiger charge is 2.01. The van der Waals surface area contributed by atoms with Crippen LogP contribution in [0.2, 0.25) is 0 Å². The van der Waals surface area contributed by atoms with Crippen molar-refractivity contribution in [1.82, 2.24) is 5.32 Å². The van der Waals surface area contributed by atoms with Gasteiger partial charge < -0.3 is 15.8 Å². The van der Waals surface area contributed by atoms with Gasteiger partial charge in [-0.05, 0) is 38.4 Å². The lowest BCUT2D eigenvalue weighted by Crippen LogP contribution is -2.25. The second-order valence-electron chi connectivity index (χ2n) is 4.96. The molecule has 4 heteroatoms. The lowest BCUT2D eigenvalue weighted by atomic mass is 10.2. The van der Waals surface area contributed by atoms with Crippen LogP contribution in [0, 0.1) is 6.92 Å². The van der Waals surface area contributed by atoms with Gasteiger partial charge in [-0.15, -0.1) is 0 Å². The van der Waals surface area contributed by atoms with Gasteiger partial charge >= 0.3 is 0 Å². The minimum atomic E-state index is 0.0518. The number of unbranched alkanes of at least 4 members (excludes halogenated alkanes) is 3. The Morgan fingerprint density at radius 2 is 1.85 bits per heavy atom. The van der Waals surface area contributed by atoms with Crippen LogP contribution in [-0.4, -0.2) is 25.6 Å². The van der Waals surface area contributed by atoms with Crippen LogP contribution >= 0.6 is 0 Å². The number of ether oxygens (including phenoxy) is 1. The van der Waals surface area contributed by atoms with Gasteiger partial charge in [0, 0.05) is 6.54 Å². The molecule has 1 aromatic carbocycles. The smallest absolute Gasteiger partial charge is 0.223 e. The Morgan fingerprint density at radius 1 is 1.15 bits per heavy atom. The fourth-order valence-corrected chi connectivity index (χ4v) is 1.84. The second-order valence-corrected chi connectivity index (χ2v) is 4.96. The van der Waals surface area contributed by atoms with E-state index in [1.54, 1.807) is 0 Å². The fourth-order valence-electron chi connectivity index (χ4n) is 1.84. The van der Waals surface area contributed by atoms with E-state index in [0.717, 1.165) is 44.5 Å². The number of aryl methyl sites for hydroxylation is 1. The van der Waals surface area contributed by atoms with Crippen molar-refractivity contribution in [3.63, 3.8) is 0 Å². The van der Waals surface area contributed by atoms with Crippen LogP contribution in [-0.2, 0) is 4.79 Å². The molecule has 1 amide bonds. The average molecular weight is 278 g/mol. The molecule has 0 aliphatic heterocycles. The first-order chi connectivity index (χ1) is 9.72. The number of carbonyl (C=O) groups excluding carboxylic acids is 1. The van der Waals surface area contributed by atoms with Crippen LogP contribution in [0.3, 0.4) is 0 Å². The molecular weight excluding hydrogens is 252 g/mol. The molecule has 20 heavy (non-hydrogen) atoms. The molecule has 0 fully saturated rings. The van der Waals surface area contributed by atoms with E-state index in [4.69, 9.17) is 10.5 Å². The Hall–Kier alpha value is -1.55. The maximum absolute atomic E-state index is 11.6. The minimum Gasteiger partial charge on any atom is -0.493 e. The Balaban J connectivity index is 2.01. The quantitative estimate of drug-likeness (QED) is 0.646. The first-order valence-electron chi connectivity index (χ1n) is 7.38. The third-order valence-electron chi connectivity index (χ3n) is 3.07. The molecule has 0 atom stereocenters. The van der Waals surface area contributed by atoms with Gasteiger partial charge in [0.15, 0.2) is 0 Å². The van der Waals surface area contributed by atoms with Crippen molar-refractivity contribution in [3.8, 4) is 5.75 Å². The third kappa shape index (κ3) is 7.79. The number of amides is 1. The highest BCUT2D eigenvalue weighted by molar-refractivity contribution is 5.75. The van der Waals surface area contributed by atoms with Crippen LogP contribution in [0.4, 0.5) is 0 Å². The van der Waals surface area contributed by atoms with Gasteiger partial charge in [-0.2, -0.15) is 0 Å². The molecule has 0 radical (unpaired) electrons. The zero-order chi connectivity index (χ0) is 14.6. The lowest BCUT2D eigenvalue weighted by molar-refractivity contribution is -0.121. The summed E-state index contributed by atoms with van der Waals surface area (Å²) in [4.78, 5) is 11.6. The molecule has 0 saturated carbocycles. The summed E-state index contributed by atoms with van der Waals surface area (Å²) in [5.41, 5.74) is 6.62. The van der Waals surface area contributed by atoms with E-state index in [1.165, 1.54) is 5.56 Å². The summed E-state index contributed by atoms with van der Waals surface area (Å²) in [7, 11) is 0. The first kappa shape index (κ1) is 16.5. The molecule has 1 rings (SSSR count). The minimum absolute atomic E-state index is 0.0518. The van der Waals surface area contributed by atoms with E-state index in [2.05, 4.69) is 5.32 Å². The molecular formula is C16H26N2O2. The van der Waals surface area contributed by atoms with E-state index in [0.29, 0.717) is 13.0 Å². The van der Waals surface area contributed by atoms with E-state index in [9.17, 15) is 4.79 Å². The Labute approximate surface area is 121 Å². The normalized spacial score (nSPS) is 10.3. The molecule has 0 saturated heterocycles. The van der Waals surface area contributed by atoms with Gasteiger partial charge in [-0.1, -0.05) is 30.5 Å². The molecule has 0 unspecified atom stereocenters. The van der Waals surface area contributed by atoms with Gasteiger partial charge in [0.1, 0.15) is 5.75 Å². The van der Waals surface area contributed by atoms with Crippen molar-refractivity contribution in [2.75, 3.05) is 19.7 Å². The van der Waals surface area contributed by atoms with Gasteiger partial charge in [-0.3, -0.25) is 4.79 Å². The van der Waals surface area contributed by atoms with Crippen molar-refractivity contribution in [2.24, 2.45) is 5.73 Å². The van der Waals surface area contributed by atoms with E-state index in [-0.39, 0.29) is 5.91 Å². The number of benzene rings is 1. The number of rotatable bonds is 10. The molecule has 1 aromatic rings. The molecule has 0 spiro atoms. The monoisotopic (exact) mass is 278 g/mol. The predicted molar refractivity (Wildman–Crippen MR) is 81.8 cm³/mol. The topological polar surface area (TPSA) is 64.3 Å². The van der Waals surface area contributed by atoms with Crippen molar-refractivity contribution in [1.29, 1.82) is 0 Å². The van der Waals surface area contributed by atoms with Crippen molar-refractivity contribution < 1.29 is 9.53 Å². The van der Waals surface area contributed by atoms with E-state index < -0.39 is 0 Å². The number of hydrogen-bond donors (Lipinski definition) is 2. The summed E-state index contributed by atoms with van der Waals surface area (Å²) in [6.45, 7) is 3.95. The Kier molecular flexibility index (Phi) is 8.47. The van der Waals surface area contributed by atoms with Gasteiger partial charge in [0.2, 0.25) is 5.91 Å².